The van der Waals surface area contributed by atoms with Crippen LogP contribution in [-0.4, -0.2) is 40.3 Å². The molecular formula is C21H24N4O2S. The lowest BCUT2D eigenvalue weighted by atomic mass is 10.1. The van der Waals surface area contributed by atoms with E-state index in [-0.39, 0.29) is 11.8 Å². The summed E-state index contributed by atoms with van der Waals surface area (Å²) in [6, 6.07) is 13.5. The van der Waals surface area contributed by atoms with E-state index in [1.165, 1.54) is 0 Å². The Morgan fingerprint density at radius 2 is 1.79 bits per heavy atom. The Morgan fingerprint density at radius 1 is 1.04 bits per heavy atom. The Hall–Kier alpha value is -2.51. The first kappa shape index (κ1) is 18.8. The molecule has 0 atom stereocenters. The summed E-state index contributed by atoms with van der Waals surface area (Å²) < 4.78 is 29.5. The molecule has 1 aromatic carbocycles. The maximum absolute atomic E-state index is 12.8. The largest absolute Gasteiger partial charge is 0.325 e. The number of sulfonamides is 1. The van der Waals surface area contributed by atoms with Crippen molar-refractivity contribution in [1.82, 2.24) is 18.8 Å². The molecule has 4 rings (SSSR count). The van der Waals surface area contributed by atoms with E-state index in [1.807, 2.05) is 61.8 Å². The second-order valence-corrected chi connectivity index (χ2v) is 9.18. The van der Waals surface area contributed by atoms with Crippen molar-refractivity contribution >= 4 is 10.0 Å². The average molecular weight is 397 g/mol. The van der Waals surface area contributed by atoms with Crippen molar-refractivity contribution in [3.05, 3.63) is 72.3 Å². The molecule has 0 saturated carbocycles. The number of aryl methyl sites for hydroxylation is 1. The van der Waals surface area contributed by atoms with Crippen LogP contribution >= 0.6 is 0 Å². The number of hydrogen-bond donors (Lipinski definition) is 0. The highest BCUT2D eigenvalue weighted by Crippen LogP contribution is 2.31. The fourth-order valence-corrected chi connectivity index (χ4v) is 5.43. The zero-order valence-corrected chi connectivity index (χ0v) is 16.7. The van der Waals surface area contributed by atoms with E-state index < -0.39 is 10.0 Å². The Balaban J connectivity index is 1.49. The standard InChI is InChI=1S/C21H24N4O2S/c1-17-14-23-21(19-8-5-11-22-15-19)25(17)20-9-12-24(13-10-20)28(26,27)16-18-6-3-2-4-7-18/h2-8,11,14-15,20H,9-10,12-13,16H2,1H3. The molecule has 6 nitrogen and oxygen atoms in total. The van der Waals surface area contributed by atoms with Crippen molar-refractivity contribution in [2.75, 3.05) is 13.1 Å². The first-order chi connectivity index (χ1) is 13.5. The molecule has 1 saturated heterocycles. The quantitative estimate of drug-likeness (QED) is 0.663. The molecule has 7 heteroatoms. The highest BCUT2D eigenvalue weighted by Gasteiger charge is 2.30. The average Bonchev–Trinajstić information content (AvgIpc) is 3.11. The fourth-order valence-electron chi connectivity index (χ4n) is 3.87. The number of benzene rings is 1. The second-order valence-electron chi connectivity index (χ2n) is 7.21. The van der Waals surface area contributed by atoms with E-state index in [9.17, 15) is 8.42 Å². The molecule has 0 N–H and O–H groups in total. The van der Waals surface area contributed by atoms with Crippen molar-refractivity contribution in [2.24, 2.45) is 0 Å². The molecule has 146 valence electrons. The molecule has 0 radical (unpaired) electrons. The van der Waals surface area contributed by atoms with Crippen molar-refractivity contribution in [2.45, 2.75) is 31.6 Å². The van der Waals surface area contributed by atoms with Gasteiger partial charge in [-0.25, -0.2) is 17.7 Å². The number of imidazole rings is 1. The molecular weight excluding hydrogens is 372 g/mol. The molecule has 28 heavy (non-hydrogen) atoms. The van der Waals surface area contributed by atoms with Crippen molar-refractivity contribution in [3.63, 3.8) is 0 Å². The highest BCUT2D eigenvalue weighted by atomic mass is 32.2. The van der Waals surface area contributed by atoms with Gasteiger partial charge in [-0.05, 0) is 37.5 Å². The van der Waals surface area contributed by atoms with Crippen LogP contribution in [0.2, 0.25) is 0 Å². The molecule has 2 aromatic heterocycles. The third-order valence-corrected chi connectivity index (χ3v) is 7.13. The summed E-state index contributed by atoms with van der Waals surface area (Å²) in [5, 5.41) is 0. The van der Waals surface area contributed by atoms with Gasteiger partial charge in [0.05, 0.1) is 5.75 Å². The van der Waals surface area contributed by atoms with Crippen LogP contribution in [0.5, 0.6) is 0 Å². The number of hydrogen-bond acceptors (Lipinski definition) is 4. The Bertz CT molecular complexity index is 1020. The Kier molecular flexibility index (Phi) is 5.28. The lowest BCUT2D eigenvalue weighted by Gasteiger charge is -2.33. The smallest absolute Gasteiger partial charge is 0.218 e. The van der Waals surface area contributed by atoms with Crippen LogP contribution in [0.3, 0.4) is 0 Å². The van der Waals surface area contributed by atoms with Crippen LogP contribution in [0.1, 0.15) is 30.1 Å². The normalized spacial score (nSPS) is 16.3. The van der Waals surface area contributed by atoms with Crippen LogP contribution in [0.4, 0.5) is 0 Å². The fraction of sp³-hybridized carbons (Fsp3) is 0.333. The molecule has 0 aliphatic carbocycles. The Labute approximate surface area is 165 Å². The summed E-state index contributed by atoms with van der Waals surface area (Å²) in [7, 11) is -3.30. The molecule has 1 fully saturated rings. The lowest BCUT2D eigenvalue weighted by Crippen LogP contribution is -2.39. The van der Waals surface area contributed by atoms with Gasteiger partial charge in [-0.3, -0.25) is 4.98 Å². The van der Waals surface area contributed by atoms with Crippen molar-refractivity contribution in [3.8, 4) is 11.4 Å². The third kappa shape index (κ3) is 3.86. The van der Waals surface area contributed by atoms with Gasteiger partial charge in [-0.2, -0.15) is 0 Å². The van der Waals surface area contributed by atoms with Gasteiger partial charge in [0.2, 0.25) is 10.0 Å². The van der Waals surface area contributed by atoms with Crippen LogP contribution in [-0.2, 0) is 15.8 Å². The minimum Gasteiger partial charge on any atom is -0.325 e. The van der Waals surface area contributed by atoms with Gasteiger partial charge in [0, 0.05) is 49.0 Å². The van der Waals surface area contributed by atoms with Gasteiger partial charge in [0.1, 0.15) is 5.82 Å². The predicted octanol–water partition coefficient (Wildman–Crippen LogP) is 3.42. The summed E-state index contributed by atoms with van der Waals surface area (Å²) in [5.74, 6) is 0.958. The lowest BCUT2D eigenvalue weighted by molar-refractivity contribution is 0.273. The van der Waals surface area contributed by atoms with Crippen LogP contribution in [0, 0.1) is 6.92 Å². The molecule has 0 unspecified atom stereocenters. The maximum Gasteiger partial charge on any atom is 0.218 e. The van der Waals surface area contributed by atoms with E-state index in [0.29, 0.717) is 13.1 Å². The first-order valence-electron chi connectivity index (χ1n) is 9.50. The second kappa shape index (κ2) is 7.85. The summed E-state index contributed by atoms with van der Waals surface area (Å²) in [5.41, 5.74) is 2.90. The third-order valence-electron chi connectivity index (χ3n) is 5.28. The zero-order valence-electron chi connectivity index (χ0n) is 15.9. The van der Waals surface area contributed by atoms with E-state index >= 15 is 0 Å². The van der Waals surface area contributed by atoms with Crippen molar-refractivity contribution < 1.29 is 8.42 Å². The van der Waals surface area contributed by atoms with Gasteiger partial charge < -0.3 is 4.57 Å². The van der Waals surface area contributed by atoms with Crippen LogP contribution < -0.4 is 0 Å². The SMILES string of the molecule is Cc1cnc(-c2cccnc2)n1C1CCN(S(=O)(=O)Cc2ccccc2)CC1. The number of nitrogens with zero attached hydrogens (tertiary/aromatic N) is 4. The molecule has 3 aromatic rings. The topological polar surface area (TPSA) is 68.1 Å². The minimum atomic E-state index is -3.30. The minimum absolute atomic E-state index is 0.0591. The van der Waals surface area contributed by atoms with Crippen molar-refractivity contribution in [1.29, 1.82) is 0 Å². The van der Waals surface area contributed by atoms with Gasteiger partial charge >= 0.3 is 0 Å². The molecule has 1 aliphatic heterocycles. The van der Waals surface area contributed by atoms with E-state index in [2.05, 4.69) is 14.5 Å². The molecule has 0 amide bonds. The van der Waals surface area contributed by atoms with Gasteiger partial charge in [0.25, 0.3) is 0 Å². The number of rotatable bonds is 5. The molecule has 0 spiro atoms. The summed E-state index contributed by atoms with van der Waals surface area (Å²) in [6.45, 7) is 3.11. The van der Waals surface area contributed by atoms with Gasteiger partial charge in [-0.1, -0.05) is 30.3 Å². The summed E-state index contributed by atoms with van der Waals surface area (Å²) >= 11 is 0. The summed E-state index contributed by atoms with van der Waals surface area (Å²) in [4.78, 5) is 8.78. The summed E-state index contributed by atoms with van der Waals surface area (Å²) in [6.07, 6.45) is 7.00. The first-order valence-corrected chi connectivity index (χ1v) is 11.1. The number of aromatic nitrogens is 3. The molecule has 3 heterocycles. The van der Waals surface area contributed by atoms with Crippen LogP contribution in [0.15, 0.2) is 61.1 Å². The van der Waals surface area contributed by atoms with Gasteiger partial charge in [0.15, 0.2) is 0 Å². The molecule has 1 aliphatic rings. The highest BCUT2D eigenvalue weighted by molar-refractivity contribution is 7.88. The Morgan fingerprint density at radius 3 is 2.46 bits per heavy atom. The van der Waals surface area contributed by atoms with Gasteiger partial charge in [-0.15, -0.1) is 0 Å². The maximum atomic E-state index is 12.8. The van der Waals surface area contributed by atoms with E-state index in [1.54, 1.807) is 10.5 Å². The number of piperidine rings is 1. The molecule has 0 bridgehead atoms. The van der Waals surface area contributed by atoms with E-state index in [4.69, 9.17) is 0 Å². The van der Waals surface area contributed by atoms with Crippen LogP contribution in [0.25, 0.3) is 11.4 Å². The zero-order chi connectivity index (χ0) is 19.6. The number of pyridine rings is 1. The monoisotopic (exact) mass is 396 g/mol. The van der Waals surface area contributed by atoms with E-state index in [0.717, 1.165) is 35.5 Å². The predicted molar refractivity (Wildman–Crippen MR) is 109 cm³/mol.